The molecule has 0 spiro atoms. The Hall–Kier alpha value is -1.43. The van der Waals surface area contributed by atoms with Gasteiger partial charge in [-0.25, -0.2) is 4.37 Å². The maximum absolute atomic E-state index is 12.0. The first-order chi connectivity index (χ1) is 8.72. The van der Waals surface area contributed by atoms with Crippen molar-refractivity contribution in [2.45, 2.75) is 19.8 Å². The summed E-state index contributed by atoms with van der Waals surface area (Å²) in [5, 5.41) is 0. The monoisotopic (exact) mass is 268 g/mol. The zero-order valence-corrected chi connectivity index (χ0v) is 11.1. The van der Waals surface area contributed by atoms with E-state index in [9.17, 15) is 9.59 Å². The number of hydrogen-bond donors (Lipinski definition) is 0. The van der Waals surface area contributed by atoms with Crippen molar-refractivity contribution in [2.75, 3.05) is 19.7 Å². The van der Waals surface area contributed by atoms with Crippen molar-refractivity contribution >= 4 is 23.4 Å². The van der Waals surface area contributed by atoms with Gasteiger partial charge >= 0.3 is 5.97 Å². The van der Waals surface area contributed by atoms with Crippen LogP contribution in [0.1, 0.15) is 29.4 Å². The highest BCUT2D eigenvalue weighted by atomic mass is 32.1. The average molecular weight is 268 g/mol. The maximum Gasteiger partial charge on any atom is 0.309 e. The lowest BCUT2D eigenvalue weighted by Gasteiger charge is -2.30. The third-order valence-electron chi connectivity index (χ3n) is 3.05. The second-order valence-electron chi connectivity index (χ2n) is 4.20. The number of carbonyl (C=O) groups excluding carboxylic acids is 2. The third kappa shape index (κ3) is 2.87. The van der Waals surface area contributed by atoms with Gasteiger partial charge in [-0.1, -0.05) is 0 Å². The summed E-state index contributed by atoms with van der Waals surface area (Å²) in [6.45, 7) is 3.44. The van der Waals surface area contributed by atoms with E-state index >= 15 is 0 Å². The molecule has 1 aliphatic rings. The fourth-order valence-corrected chi connectivity index (χ4v) is 2.62. The summed E-state index contributed by atoms with van der Waals surface area (Å²) < 4.78 is 8.92. The SMILES string of the molecule is CCOC(=O)C1CCN(C(=O)c2ccns2)CC1. The molecule has 0 aliphatic carbocycles. The van der Waals surface area contributed by atoms with Gasteiger partial charge in [0.15, 0.2) is 0 Å². The Morgan fingerprint density at radius 1 is 1.50 bits per heavy atom. The van der Waals surface area contributed by atoms with E-state index in [1.165, 1.54) is 11.5 Å². The lowest BCUT2D eigenvalue weighted by Crippen LogP contribution is -2.40. The van der Waals surface area contributed by atoms with Gasteiger partial charge in [0.05, 0.1) is 12.5 Å². The molecule has 2 heterocycles. The van der Waals surface area contributed by atoms with E-state index < -0.39 is 0 Å². The van der Waals surface area contributed by atoms with E-state index in [4.69, 9.17) is 4.74 Å². The highest BCUT2D eigenvalue weighted by Crippen LogP contribution is 2.21. The topological polar surface area (TPSA) is 59.5 Å². The molecule has 1 fully saturated rings. The fourth-order valence-electron chi connectivity index (χ4n) is 2.06. The van der Waals surface area contributed by atoms with Crippen LogP contribution in [0, 0.1) is 5.92 Å². The molecule has 5 nitrogen and oxygen atoms in total. The van der Waals surface area contributed by atoms with Crippen molar-refractivity contribution in [3.8, 4) is 0 Å². The number of rotatable bonds is 3. The van der Waals surface area contributed by atoms with Gasteiger partial charge in [0.2, 0.25) is 0 Å². The lowest BCUT2D eigenvalue weighted by atomic mass is 9.97. The Morgan fingerprint density at radius 3 is 2.78 bits per heavy atom. The minimum atomic E-state index is -0.137. The van der Waals surface area contributed by atoms with Crippen molar-refractivity contribution in [3.63, 3.8) is 0 Å². The molecule has 1 aromatic rings. The zero-order chi connectivity index (χ0) is 13.0. The van der Waals surface area contributed by atoms with E-state index in [0.29, 0.717) is 37.4 Å². The summed E-state index contributed by atoms with van der Waals surface area (Å²) in [6.07, 6.45) is 3.00. The first-order valence-electron chi connectivity index (χ1n) is 6.09. The molecule has 1 saturated heterocycles. The summed E-state index contributed by atoms with van der Waals surface area (Å²) in [6, 6.07) is 1.73. The van der Waals surface area contributed by atoms with Crippen molar-refractivity contribution in [2.24, 2.45) is 5.92 Å². The molecule has 1 amide bonds. The minimum Gasteiger partial charge on any atom is -0.466 e. The van der Waals surface area contributed by atoms with Crippen LogP contribution in [0.2, 0.25) is 0 Å². The van der Waals surface area contributed by atoms with E-state index in [0.717, 1.165) is 0 Å². The van der Waals surface area contributed by atoms with Gasteiger partial charge in [0.25, 0.3) is 5.91 Å². The maximum atomic E-state index is 12.0. The van der Waals surface area contributed by atoms with Crippen LogP contribution in [0.15, 0.2) is 12.3 Å². The summed E-state index contributed by atoms with van der Waals surface area (Å²) in [7, 11) is 0. The van der Waals surface area contributed by atoms with E-state index in [-0.39, 0.29) is 17.8 Å². The quantitative estimate of drug-likeness (QED) is 0.781. The number of nitrogens with zero attached hydrogens (tertiary/aromatic N) is 2. The Kier molecular flexibility index (Phi) is 4.30. The number of ether oxygens (including phenoxy) is 1. The molecular weight excluding hydrogens is 252 g/mol. The largest absolute Gasteiger partial charge is 0.466 e. The van der Waals surface area contributed by atoms with Gasteiger partial charge in [-0.05, 0) is 37.4 Å². The molecule has 0 radical (unpaired) electrons. The van der Waals surface area contributed by atoms with Crippen LogP contribution in [0.5, 0.6) is 0 Å². The first kappa shape index (κ1) is 13.0. The second-order valence-corrected chi connectivity index (χ2v) is 5.03. The number of hydrogen-bond acceptors (Lipinski definition) is 5. The molecule has 0 N–H and O–H groups in total. The van der Waals surface area contributed by atoms with Crippen molar-refractivity contribution in [1.82, 2.24) is 9.27 Å². The van der Waals surface area contributed by atoms with Crippen LogP contribution in [0.3, 0.4) is 0 Å². The van der Waals surface area contributed by atoms with Crippen LogP contribution < -0.4 is 0 Å². The highest BCUT2D eigenvalue weighted by molar-refractivity contribution is 7.08. The lowest BCUT2D eigenvalue weighted by molar-refractivity contribution is -0.149. The van der Waals surface area contributed by atoms with Gasteiger partial charge in [0, 0.05) is 19.3 Å². The Labute approximate surface area is 110 Å². The molecule has 0 bridgehead atoms. The smallest absolute Gasteiger partial charge is 0.309 e. The minimum absolute atomic E-state index is 0.0137. The van der Waals surface area contributed by atoms with E-state index in [1.54, 1.807) is 24.1 Å². The standard InChI is InChI=1S/C12H16N2O3S/c1-2-17-12(16)9-4-7-14(8-5-9)11(15)10-3-6-13-18-10/h3,6,9H,2,4-5,7-8H2,1H3. The predicted molar refractivity (Wildman–Crippen MR) is 67.4 cm³/mol. The molecule has 1 aromatic heterocycles. The third-order valence-corrected chi connectivity index (χ3v) is 3.79. The van der Waals surface area contributed by atoms with E-state index in [2.05, 4.69) is 4.37 Å². The van der Waals surface area contributed by atoms with Crippen LogP contribution in [-0.4, -0.2) is 40.8 Å². The summed E-state index contributed by atoms with van der Waals surface area (Å²) in [5.41, 5.74) is 0. The Balaban J connectivity index is 1.87. The zero-order valence-electron chi connectivity index (χ0n) is 10.3. The molecule has 18 heavy (non-hydrogen) atoms. The van der Waals surface area contributed by atoms with Gasteiger partial charge < -0.3 is 9.64 Å². The van der Waals surface area contributed by atoms with Crippen molar-refractivity contribution < 1.29 is 14.3 Å². The number of piperidine rings is 1. The molecule has 0 atom stereocenters. The van der Waals surface area contributed by atoms with Crippen LogP contribution in [-0.2, 0) is 9.53 Å². The highest BCUT2D eigenvalue weighted by Gasteiger charge is 2.28. The van der Waals surface area contributed by atoms with Crippen LogP contribution in [0.25, 0.3) is 0 Å². The summed E-state index contributed by atoms with van der Waals surface area (Å²) >= 11 is 1.21. The Bertz CT molecular complexity index is 411. The normalized spacial score (nSPS) is 16.6. The first-order valence-corrected chi connectivity index (χ1v) is 6.86. The Morgan fingerprint density at radius 2 is 2.22 bits per heavy atom. The van der Waals surface area contributed by atoms with E-state index in [1.807, 2.05) is 0 Å². The van der Waals surface area contributed by atoms with Gasteiger partial charge in [0.1, 0.15) is 4.88 Å². The van der Waals surface area contributed by atoms with Gasteiger partial charge in [-0.15, -0.1) is 0 Å². The second kappa shape index (κ2) is 5.95. The van der Waals surface area contributed by atoms with Crippen molar-refractivity contribution in [1.29, 1.82) is 0 Å². The number of amides is 1. The number of aromatic nitrogens is 1. The van der Waals surface area contributed by atoms with Crippen LogP contribution >= 0.6 is 11.5 Å². The molecule has 0 unspecified atom stereocenters. The summed E-state index contributed by atoms with van der Waals surface area (Å²) in [4.78, 5) is 26.1. The van der Waals surface area contributed by atoms with Crippen LogP contribution in [0.4, 0.5) is 0 Å². The molecule has 2 rings (SSSR count). The molecule has 6 heteroatoms. The predicted octanol–water partition coefficient (Wildman–Crippen LogP) is 1.56. The number of likely N-dealkylation sites (tertiary alicyclic amines) is 1. The van der Waals surface area contributed by atoms with Crippen molar-refractivity contribution in [3.05, 3.63) is 17.1 Å². The summed E-state index contributed by atoms with van der Waals surface area (Å²) in [5.74, 6) is -0.183. The van der Waals surface area contributed by atoms with Gasteiger partial charge in [-0.3, -0.25) is 9.59 Å². The molecule has 1 aliphatic heterocycles. The molecular formula is C12H16N2O3S. The fraction of sp³-hybridized carbons (Fsp3) is 0.583. The molecule has 0 saturated carbocycles. The average Bonchev–Trinajstić information content (AvgIpc) is 2.92. The number of carbonyl (C=O) groups is 2. The number of esters is 1. The molecule has 0 aromatic carbocycles. The molecule has 98 valence electrons. The van der Waals surface area contributed by atoms with Gasteiger partial charge in [-0.2, -0.15) is 0 Å².